The van der Waals surface area contributed by atoms with Gasteiger partial charge in [0, 0.05) is 0 Å². The van der Waals surface area contributed by atoms with E-state index in [0.29, 0.717) is 0 Å². The van der Waals surface area contributed by atoms with Gasteiger partial charge in [-0.1, -0.05) is 19.8 Å². The average Bonchev–Trinajstić information content (AvgIpc) is 2.70. The van der Waals surface area contributed by atoms with E-state index >= 15 is 0 Å². The minimum absolute atomic E-state index is 0.481. The van der Waals surface area contributed by atoms with Crippen LogP contribution < -0.4 is 0 Å². The summed E-state index contributed by atoms with van der Waals surface area (Å²) >= 11 is 0. The standard InChI is InChI=1S/C25H43F/c1-18-2-4-19(5-3-18)20-6-8-21(9-7-20)22-10-12-23(13-11-22)24-14-16-25(26)17-15-24/h18-25H,2-17H2,1H3. The molecule has 4 rings (SSSR count). The summed E-state index contributed by atoms with van der Waals surface area (Å²) in [6.45, 7) is 2.45. The molecule has 0 atom stereocenters. The highest BCUT2D eigenvalue weighted by atomic mass is 19.1. The van der Waals surface area contributed by atoms with Crippen LogP contribution in [0.4, 0.5) is 4.39 Å². The maximum Gasteiger partial charge on any atom is 0.100 e. The van der Waals surface area contributed by atoms with Gasteiger partial charge in [0.1, 0.15) is 6.17 Å². The lowest BCUT2D eigenvalue weighted by Gasteiger charge is -2.42. The Kier molecular flexibility index (Phi) is 6.63. The van der Waals surface area contributed by atoms with Crippen molar-refractivity contribution in [2.75, 3.05) is 0 Å². The molecule has 0 saturated heterocycles. The van der Waals surface area contributed by atoms with Crippen molar-refractivity contribution in [2.45, 2.75) is 116 Å². The Morgan fingerprint density at radius 3 is 0.923 bits per heavy atom. The molecule has 0 aromatic rings. The molecule has 4 aliphatic carbocycles. The van der Waals surface area contributed by atoms with Crippen LogP contribution in [0.2, 0.25) is 0 Å². The Morgan fingerprint density at radius 1 is 0.385 bits per heavy atom. The predicted octanol–water partition coefficient (Wildman–Crippen LogP) is 7.95. The van der Waals surface area contributed by atoms with Crippen molar-refractivity contribution in [3.05, 3.63) is 0 Å². The second-order valence-corrected chi connectivity index (χ2v) is 10.9. The second-order valence-electron chi connectivity index (χ2n) is 10.9. The molecule has 26 heavy (non-hydrogen) atoms. The molecule has 4 fully saturated rings. The molecule has 150 valence electrons. The molecule has 0 nitrogen and oxygen atoms in total. The summed E-state index contributed by atoms with van der Waals surface area (Å²) in [5, 5.41) is 0. The first-order chi connectivity index (χ1) is 12.7. The van der Waals surface area contributed by atoms with Crippen molar-refractivity contribution in [1.29, 1.82) is 0 Å². The fourth-order valence-corrected chi connectivity index (χ4v) is 7.48. The molecule has 0 aliphatic heterocycles. The summed E-state index contributed by atoms with van der Waals surface area (Å²) in [5.74, 6) is 7.05. The summed E-state index contributed by atoms with van der Waals surface area (Å²) in [6.07, 6.45) is 21.7. The van der Waals surface area contributed by atoms with Crippen LogP contribution in [0.15, 0.2) is 0 Å². The number of hydrogen-bond acceptors (Lipinski definition) is 0. The molecule has 0 amide bonds. The van der Waals surface area contributed by atoms with Gasteiger partial charge in [-0.2, -0.15) is 0 Å². The van der Waals surface area contributed by atoms with Gasteiger partial charge in [-0.3, -0.25) is 0 Å². The Balaban J connectivity index is 1.18. The molecule has 4 saturated carbocycles. The van der Waals surface area contributed by atoms with E-state index in [9.17, 15) is 4.39 Å². The van der Waals surface area contributed by atoms with Crippen LogP contribution in [0.1, 0.15) is 110 Å². The third-order valence-corrected chi connectivity index (χ3v) is 9.39. The predicted molar refractivity (Wildman–Crippen MR) is 109 cm³/mol. The van der Waals surface area contributed by atoms with Gasteiger partial charge in [-0.15, -0.1) is 0 Å². The molecule has 0 heterocycles. The molecule has 0 aromatic heterocycles. The highest BCUT2D eigenvalue weighted by Crippen LogP contribution is 2.47. The highest BCUT2D eigenvalue weighted by Gasteiger charge is 2.36. The number of hydrogen-bond donors (Lipinski definition) is 0. The quantitative estimate of drug-likeness (QED) is 0.478. The first kappa shape index (κ1) is 19.3. The summed E-state index contributed by atoms with van der Waals surface area (Å²) < 4.78 is 13.4. The van der Waals surface area contributed by atoms with Crippen molar-refractivity contribution < 1.29 is 4.39 Å². The van der Waals surface area contributed by atoms with E-state index in [1.165, 1.54) is 64.2 Å². The summed E-state index contributed by atoms with van der Waals surface area (Å²) in [4.78, 5) is 0. The lowest BCUT2D eigenvalue weighted by atomic mass is 9.63. The fraction of sp³-hybridized carbons (Fsp3) is 1.00. The van der Waals surface area contributed by atoms with E-state index in [0.717, 1.165) is 54.3 Å². The fourth-order valence-electron chi connectivity index (χ4n) is 7.48. The Bertz CT molecular complexity index is 360. The van der Waals surface area contributed by atoms with Crippen molar-refractivity contribution in [3.8, 4) is 0 Å². The van der Waals surface area contributed by atoms with Crippen LogP contribution in [0, 0.1) is 41.4 Å². The van der Waals surface area contributed by atoms with Crippen LogP contribution in [0.5, 0.6) is 0 Å². The Labute approximate surface area is 162 Å². The van der Waals surface area contributed by atoms with Gasteiger partial charge in [-0.05, 0) is 131 Å². The zero-order valence-electron chi connectivity index (χ0n) is 17.3. The highest BCUT2D eigenvalue weighted by molar-refractivity contribution is 4.87. The molecule has 4 aliphatic rings. The smallest absolute Gasteiger partial charge is 0.100 e. The van der Waals surface area contributed by atoms with Crippen molar-refractivity contribution in [2.24, 2.45) is 41.4 Å². The van der Waals surface area contributed by atoms with Crippen LogP contribution in [-0.4, -0.2) is 6.17 Å². The van der Waals surface area contributed by atoms with Crippen LogP contribution in [-0.2, 0) is 0 Å². The Hall–Kier alpha value is -0.0700. The van der Waals surface area contributed by atoms with Crippen LogP contribution >= 0.6 is 0 Å². The van der Waals surface area contributed by atoms with E-state index in [1.807, 2.05) is 0 Å². The summed E-state index contributed by atoms with van der Waals surface area (Å²) in [6, 6.07) is 0. The maximum atomic E-state index is 13.4. The van der Waals surface area contributed by atoms with Gasteiger partial charge in [0.15, 0.2) is 0 Å². The van der Waals surface area contributed by atoms with Crippen molar-refractivity contribution in [1.82, 2.24) is 0 Å². The molecular weight excluding hydrogens is 319 g/mol. The largest absolute Gasteiger partial charge is 0.247 e. The average molecular weight is 363 g/mol. The van der Waals surface area contributed by atoms with E-state index in [4.69, 9.17) is 0 Å². The van der Waals surface area contributed by atoms with E-state index < -0.39 is 6.17 Å². The van der Waals surface area contributed by atoms with Gasteiger partial charge in [-0.25, -0.2) is 4.39 Å². The number of halogens is 1. The molecule has 0 bridgehead atoms. The molecule has 0 spiro atoms. The van der Waals surface area contributed by atoms with Gasteiger partial charge in [0.2, 0.25) is 0 Å². The minimum Gasteiger partial charge on any atom is -0.247 e. The zero-order chi connectivity index (χ0) is 17.9. The summed E-state index contributed by atoms with van der Waals surface area (Å²) in [7, 11) is 0. The molecule has 0 N–H and O–H groups in total. The van der Waals surface area contributed by atoms with E-state index in [2.05, 4.69) is 6.92 Å². The van der Waals surface area contributed by atoms with Crippen LogP contribution in [0.25, 0.3) is 0 Å². The van der Waals surface area contributed by atoms with Gasteiger partial charge < -0.3 is 0 Å². The third-order valence-electron chi connectivity index (χ3n) is 9.39. The molecule has 1 heteroatoms. The van der Waals surface area contributed by atoms with Crippen molar-refractivity contribution >= 4 is 0 Å². The normalized spacial score (nSPS) is 48.2. The molecule has 0 aromatic carbocycles. The van der Waals surface area contributed by atoms with Gasteiger partial charge in [0.05, 0.1) is 0 Å². The van der Waals surface area contributed by atoms with E-state index in [-0.39, 0.29) is 0 Å². The second kappa shape index (κ2) is 8.95. The first-order valence-electron chi connectivity index (χ1n) is 12.3. The topological polar surface area (TPSA) is 0 Å². The van der Waals surface area contributed by atoms with Gasteiger partial charge in [0.25, 0.3) is 0 Å². The minimum atomic E-state index is -0.481. The summed E-state index contributed by atoms with van der Waals surface area (Å²) in [5.41, 5.74) is 0. The number of alkyl halides is 1. The zero-order valence-corrected chi connectivity index (χ0v) is 17.3. The monoisotopic (exact) mass is 362 g/mol. The molecular formula is C25H43F. The lowest BCUT2D eigenvalue weighted by Crippen LogP contribution is -2.31. The van der Waals surface area contributed by atoms with E-state index in [1.54, 1.807) is 25.7 Å². The SMILES string of the molecule is CC1CCC(C2CCC(C3CCC(C4CCC(F)CC4)CC3)CC2)CC1. The molecule has 0 unspecified atom stereocenters. The maximum absolute atomic E-state index is 13.4. The van der Waals surface area contributed by atoms with Crippen LogP contribution in [0.3, 0.4) is 0 Å². The number of rotatable bonds is 3. The lowest BCUT2D eigenvalue weighted by molar-refractivity contribution is 0.0832. The molecule has 0 radical (unpaired) electrons. The van der Waals surface area contributed by atoms with Gasteiger partial charge >= 0.3 is 0 Å². The Morgan fingerprint density at radius 2 is 0.615 bits per heavy atom. The first-order valence-corrected chi connectivity index (χ1v) is 12.3. The third kappa shape index (κ3) is 4.67. The van der Waals surface area contributed by atoms with Crippen molar-refractivity contribution in [3.63, 3.8) is 0 Å².